The van der Waals surface area contributed by atoms with Gasteiger partial charge in [-0.1, -0.05) is 18.2 Å². The molecule has 0 radical (unpaired) electrons. The van der Waals surface area contributed by atoms with Crippen molar-refractivity contribution in [1.82, 2.24) is 4.57 Å². The highest BCUT2D eigenvalue weighted by molar-refractivity contribution is 5.99. The number of furan rings is 1. The number of anilines is 1. The van der Waals surface area contributed by atoms with Crippen LogP contribution in [0.5, 0.6) is 0 Å². The lowest BCUT2D eigenvalue weighted by Gasteiger charge is -2.08. The van der Waals surface area contributed by atoms with Crippen LogP contribution in [0.25, 0.3) is 10.9 Å². The molecule has 0 aliphatic rings. The highest BCUT2D eigenvalue weighted by Gasteiger charge is 2.33. The first-order valence-corrected chi connectivity index (χ1v) is 9.68. The Bertz CT molecular complexity index is 1420. The van der Waals surface area contributed by atoms with Gasteiger partial charge in [0.2, 0.25) is 5.76 Å². The Labute approximate surface area is 188 Å². The second-order valence-corrected chi connectivity index (χ2v) is 7.16. The molecule has 0 unspecified atom stereocenters. The number of rotatable bonds is 7. The molecule has 4 rings (SSSR count). The molecule has 34 heavy (non-hydrogen) atoms. The summed E-state index contributed by atoms with van der Waals surface area (Å²) in [6, 6.07) is 12.3. The highest BCUT2D eigenvalue weighted by atomic mass is 19.4. The standard InChI is InChI=1S/C22H15F3N4O5/c23-22(24,25)14-5-7-17(19(9-14)29(32)33)27-26-10-13-11-28(18-4-2-1-3-16(13)18)12-15-6-8-20(34-15)21(30)31/h1-11,27H,12H2,(H,30,31). The summed E-state index contributed by atoms with van der Waals surface area (Å²) >= 11 is 0. The molecule has 0 aliphatic carbocycles. The SMILES string of the molecule is O=C(O)c1ccc(Cn2cc(C=NNc3ccc(C(F)(F)F)cc3[N+](=O)[O-])c3ccccc32)o1. The largest absolute Gasteiger partial charge is 0.475 e. The molecule has 0 saturated carbocycles. The van der Waals surface area contributed by atoms with Gasteiger partial charge < -0.3 is 14.1 Å². The van der Waals surface area contributed by atoms with Crippen LogP contribution in [-0.2, 0) is 12.7 Å². The number of para-hydroxylation sites is 1. The monoisotopic (exact) mass is 472 g/mol. The summed E-state index contributed by atoms with van der Waals surface area (Å²) in [5.41, 5.74) is 1.73. The fourth-order valence-electron chi connectivity index (χ4n) is 3.38. The number of hydrazone groups is 1. The Balaban J connectivity index is 1.61. The molecule has 0 amide bonds. The first-order valence-electron chi connectivity index (χ1n) is 9.68. The molecule has 4 aromatic rings. The van der Waals surface area contributed by atoms with Gasteiger partial charge >= 0.3 is 12.1 Å². The quantitative estimate of drug-likeness (QED) is 0.212. The summed E-state index contributed by atoms with van der Waals surface area (Å²) in [6.07, 6.45) is -1.61. The van der Waals surface area contributed by atoms with Gasteiger partial charge in [0, 0.05) is 28.7 Å². The van der Waals surface area contributed by atoms with E-state index < -0.39 is 28.3 Å². The zero-order valence-corrected chi connectivity index (χ0v) is 17.1. The zero-order valence-electron chi connectivity index (χ0n) is 17.1. The second kappa shape index (κ2) is 8.73. The predicted octanol–water partition coefficient (Wildman–Crippen LogP) is 5.35. The molecule has 0 aliphatic heterocycles. The summed E-state index contributed by atoms with van der Waals surface area (Å²) in [7, 11) is 0. The van der Waals surface area contributed by atoms with Crippen molar-refractivity contribution in [2.75, 3.05) is 5.43 Å². The molecule has 0 fully saturated rings. The van der Waals surface area contributed by atoms with Gasteiger partial charge in [-0.2, -0.15) is 18.3 Å². The number of nitrogens with zero attached hydrogens (tertiary/aromatic N) is 3. The molecular weight excluding hydrogens is 457 g/mol. The van der Waals surface area contributed by atoms with Crippen LogP contribution in [0, 0.1) is 10.1 Å². The van der Waals surface area contributed by atoms with Gasteiger partial charge in [0.1, 0.15) is 11.4 Å². The van der Waals surface area contributed by atoms with E-state index in [1.807, 2.05) is 22.8 Å². The lowest BCUT2D eigenvalue weighted by molar-refractivity contribution is -0.384. The molecule has 12 heteroatoms. The molecule has 0 bridgehead atoms. The number of carbonyl (C=O) groups is 1. The number of hydrogen-bond donors (Lipinski definition) is 2. The lowest BCUT2D eigenvalue weighted by atomic mass is 10.1. The van der Waals surface area contributed by atoms with Gasteiger partial charge in [-0.25, -0.2) is 4.79 Å². The van der Waals surface area contributed by atoms with E-state index in [0.717, 1.165) is 23.0 Å². The molecule has 2 heterocycles. The summed E-state index contributed by atoms with van der Waals surface area (Å²) in [4.78, 5) is 21.3. The molecule has 0 saturated heterocycles. The van der Waals surface area contributed by atoms with Crippen molar-refractivity contribution >= 4 is 34.5 Å². The number of hydrogen-bond acceptors (Lipinski definition) is 6. The zero-order chi connectivity index (χ0) is 24.5. The summed E-state index contributed by atoms with van der Waals surface area (Å²) < 4.78 is 45.7. The van der Waals surface area contributed by atoms with E-state index in [-0.39, 0.29) is 18.0 Å². The Morgan fingerprint density at radius 2 is 1.97 bits per heavy atom. The molecule has 174 valence electrons. The minimum Gasteiger partial charge on any atom is -0.475 e. The number of benzene rings is 2. The fourth-order valence-corrected chi connectivity index (χ4v) is 3.38. The topological polar surface area (TPSA) is 123 Å². The van der Waals surface area contributed by atoms with Crippen molar-refractivity contribution < 1.29 is 32.4 Å². The van der Waals surface area contributed by atoms with Crippen LogP contribution < -0.4 is 5.43 Å². The number of fused-ring (bicyclic) bond motifs is 1. The molecule has 0 atom stereocenters. The molecule has 2 aromatic carbocycles. The molecular formula is C22H15F3N4O5. The maximum Gasteiger partial charge on any atom is 0.416 e. The van der Waals surface area contributed by atoms with E-state index in [1.165, 1.54) is 12.3 Å². The summed E-state index contributed by atoms with van der Waals surface area (Å²) in [5, 5.41) is 25.0. The highest BCUT2D eigenvalue weighted by Crippen LogP contribution is 2.35. The maximum absolute atomic E-state index is 12.9. The number of nitrogens with one attached hydrogen (secondary N) is 1. The Morgan fingerprint density at radius 3 is 2.65 bits per heavy atom. The molecule has 0 spiro atoms. The summed E-state index contributed by atoms with van der Waals surface area (Å²) in [6.45, 7) is 0.236. The van der Waals surface area contributed by atoms with Gasteiger partial charge in [-0.3, -0.25) is 15.5 Å². The smallest absolute Gasteiger partial charge is 0.416 e. The number of nitro groups is 1. The van der Waals surface area contributed by atoms with Crippen molar-refractivity contribution in [1.29, 1.82) is 0 Å². The minimum absolute atomic E-state index is 0.185. The fraction of sp³-hybridized carbons (Fsp3) is 0.0909. The number of aromatic carboxylic acids is 1. The van der Waals surface area contributed by atoms with Crippen molar-refractivity contribution in [2.45, 2.75) is 12.7 Å². The van der Waals surface area contributed by atoms with E-state index >= 15 is 0 Å². The van der Waals surface area contributed by atoms with Crippen molar-refractivity contribution in [3.63, 3.8) is 0 Å². The number of halogens is 3. The third kappa shape index (κ3) is 4.60. The van der Waals surface area contributed by atoms with Gasteiger partial charge in [-0.15, -0.1) is 0 Å². The Kier molecular flexibility index (Phi) is 5.80. The maximum atomic E-state index is 12.9. The predicted molar refractivity (Wildman–Crippen MR) is 116 cm³/mol. The second-order valence-electron chi connectivity index (χ2n) is 7.16. The number of nitro benzene ring substituents is 1. The first kappa shape index (κ1) is 22.6. The number of carboxylic acid groups (broad SMARTS) is 1. The van der Waals surface area contributed by atoms with Gasteiger partial charge in [-0.05, 0) is 30.3 Å². The molecule has 2 N–H and O–H groups in total. The van der Waals surface area contributed by atoms with Crippen LogP contribution >= 0.6 is 0 Å². The van der Waals surface area contributed by atoms with Crippen LogP contribution in [0.2, 0.25) is 0 Å². The third-order valence-corrected chi connectivity index (χ3v) is 4.93. The van der Waals surface area contributed by atoms with E-state index in [9.17, 15) is 28.1 Å². The van der Waals surface area contributed by atoms with Crippen LogP contribution in [0.1, 0.15) is 27.4 Å². The van der Waals surface area contributed by atoms with Crippen LogP contribution in [-0.4, -0.2) is 26.8 Å². The Morgan fingerprint density at radius 1 is 1.21 bits per heavy atom. The number of carboxylic acids is 1. The van der Waals surface area contributed by atoms with E-state index in [2.05, 4.69) is 10.5 Å². The Hall–Kier alpha value is -4.61. The molecule has 9 nitrogen and oxygen atoms in total. The average Bonchev–Trinajstić information content (AvgIpc) is 3.39. The summed E-state index contributed by atoms with van der Waals surface area (Å²) in [5.74, 6) is -0.949. The van der Waals surface area contributed by atoms with Crippen LogP contribution in [0.15, 0.2) is 70.3 Å². The van der Waals surface area contributed by atoms with E-state index in [4.69, 9.17) is 9.52 Å². The van der Waals surface area contributed by atoms with Crippen LogP contribution in [0.4, 0.5) is 24.5 Å². The number of aromatic nitrogens is 1. The third-order valence-electron chi connectivity index (χ3n) is 4.93. The van der Waals surface area contributed by atoms with Gasteiger partial charge in [0.05, 0.1) is 23.2 Å². The van der Waals surface area contributed by atoms with Gasteiger partial charge in [0.25, 0.3) is 5.69 Å². The van der Waals surface area contributed by atoms with Crippen LogP contribution in [0.3, 0.4) is 0 Å². The van der Waals surface area contributed by atoms with Crippen molar-refractivity contribution in [3.05, 3.63) is 93.6 Å². The van der Waals surface area contributed by atoms with Gasteiger partial charge in [0.15, 0.2) is 0 Å². The normalized spacial score (nSPS) is 11.9. The average molecular weight is 472 g/mol. The minimum atomic E-state index is -4.71. The van der Waals surface area contributed by atoms with Crippen molar-refractivity contribution in [3.8, 4) is 0 Å². The first-order chi connectivity index (χ1) is 16.1. The van der Waals surface area contributed by atoms with E-state index in [0.29, 0.717) is 17.4 Å². The molecule has 2 aromatic heterocycles. The van der Waals surface area contributed by atoms with E-state index in [1.54, 1.807) is 18.3 Å². The lowest BCUT2D eigenvalue weighted by Crippen LogP contribution is -2.06. The van der Waals surface area contributed by atoms with Crippen molar-refractivity contribution in [2.24, 2.45) is 5.10 Å². The number of alkyl halides is 3.